The number of hydrogen-bond donors (Lipinski definition) is 0. The number of nitrogens with zero attached hydrogens (tertiary/aromatic N) is 2. The minimum Gasteiger partial charge on any atom is -0.272 e. The predicted molar refractivity (Wildman–Crippen MR) is 65.9 cm³/mol. The van der Waals surface area contributed by atoms with Gasteiger partial charge in [0.15, 0.2) is 4.32 Å². The Morgan fingerprint density at radius 1 is 1.50 bits per heavy atom. The Morgan fingerprint density at radius 3 is 2.88 bits per heavy atom. The number of benzene rings is 1. The van der Waals surface area contributed by atoms with E-state index in [-0.39, 0.29) is 11.7 Å². The second-order valence-electron chi connectivity index (χ2n) is 3.03. The van der Waals surface area contributed by atoms with E-state index in [0.29, 0.717) is 15.6 Å². The molecule has 16 heavy (non-hydrogen) atoms. The van der Waals surface area contributed by atoms with Crippen molar-refractivity contribution in [3.63, 3.8) is 0 Å². The summed E-state index contributed by atoms with van der Waals surface area (Å²) >= 11 is 6.18. The maximum atomic E-state index is 13.2. The molecule has 1 aromatic carbocycles. The van der Waals surface area contributed by atoms with Gasteiger partial charge in [-0.1, -0.05) is 42.2 Å². The fourth-order valence-electron chi connectivity index (χ4n) is 1.16. The molecule has 2 rings (SSSR count). The van der Waals surface area contributed by atoms with Crippen molar-refractivity contribution >= 4 is 40.4 Å². The van der Waals surface area contributed by atoms with Crippen LogP contribution in [0.4, 0.5) is 4.39 Å². The molecule has 6 heteroatoms. The van der Waals surface area contributed by atoms with Crippen molar-refractivity contribution in [3.05, 3.63) is 35.6 Å². The van der Waals surface area contributed by atoms with Gasteiger partial charge >= 0.3 is 0 Å². The van der Waals surface area contributed by atoms with Gasteiger partial charge in [0.05, 0.1) is 12.0 Å². The number of amides is 1. The number of carbonyl (C=O) groups is 1. The summed E-state index contributed by atoms with van der Waals surface area (Å²) < 4.78 is 13.6. The second kappa shape index (κ2) is 4.71. The highest BCUT2D eigenvalue weighted by molar-refractivity contribution is 8.23. The highest BCUT2D eigenvalue weighted by Gasteiger charge is 2.25. The van der Waals surface area contributed by atoms with Crippen molar-refractivity contribution in [2.75, 3.05) is 5.75 Å². The highest BCUT2D eigenvalue weighted by Crippen LogP contribution is 2.19. The van der Waals surface area contributed by atoms with Gasteiger partial charge in [0.2, 0.25) is 0 Å². The molecule has 3 nitrogen and oxygen atoms in total. The molecule has 0 atom stereocenters. The number of carbonyl (C=O) groups excluding carboxylic acids is 1. The van der Waals surface area contributed by atoms with Gasteiger partial charge in [-0.25, -0.2) is 4.39 Å². The first-order valence-electron chi connectivity index (χ1n) is 4.47. The van der Waals surface area contributed by atoms with Crippen LogP contribution in [-0.4, -0.2) is 27.2 Å². The molecule has 1 fully saturated rings. The van der Waals surface area contributed by atoms with E-state index in [4.69, 9.17) is 12.2 Å². The Labute approximate surface area is 101 Å². The molecule has 0 spiro atoms. The third-order valence-electron chi connectivity index (χ3n) is 1.95. The second-order valence-corrected chi connectivity index (χ2v) is 4.64. The fourth-order valence-corrected chi connectivity index (χ4v) is 2.13. The van der Waals surface area contributed by atoms with Crippen molar-refractivity contribution in [1.82, 2.24) is 5.01 Å². The molecule has 1 amide bonds. The number of thioether (sulfide) groups is 1. The summed E-state index contributed by atoms with van der Waals surface area (Å²) in [6.07, 6.45) is 1.30. The molecule has 82 valence electrons. The van der Waals surface area contributed by atoms with E-state index < -0.39 is 0 Å². The number of rotatable bonds is 2. The summed E-state index contributed by atoms with van der Waals surface area (Å²) in [5.74, 6) is -0.257. The maximum Gasteiger partial charge on any atom is 0.259 e. The van der Waals surface area contributed by atoms with Crippen LogP contribution in [-0.2, 0) is 4.79 Å². The lowest BCUT2D eigenvalue weighted by Gasteiger charge is -2.06. The summed E-state index contributed by atoms with van der Waals surface area (Å²) in [6.45, 7) is 0. The predicted octanol–water partition coefficient (Wildman–Crippen LogP) is 2.02. The monoisotopic (exact) mass is 254 g/mol. The Morgan fingerprint density at radius 2 is 2.25 bits per heavy atom. The molecule has 0 radical (unpaired) electrons. The first kappa shape index (κ1) is 11.2. The van der Waals surface area contributed by atoms with E-state index in [1.165, 1.54) is 24.0 Å². The van der Waals surface area contributed by atoms with Crippen molar-refractivity contribution in [2.45, 2.75) is 0 Å². The van der Waals surface area contributed by atoms with Gasteiger partial charge in [0, 0.05) is 5.56 Å². The van der Waals surface area contributed by atoms with Crippen LogP contribution in [0.15, 0.2) is 29.4 Å². The third kappa shape index (κ3) is 2.28. The van der Waals surface area contributed by atoms with Crippen molar-refractivity contribution < 1.29 is 9.18 Å². The normalized spacial score (nSPS) is 16.4. The number of halogens is 1. The van der Waals surface area contributed by atoms with E-state index in [1.54, 1.807) is 18.2 Å². The zero-order chi connectivity index (χ0) is 11.5. The third-order valence-corrected chi connectivity index (χ3v) is 3.28. The van der Waals surface area contributed by atoms with Gasteiger partial charge in [0.1, 0.15) is 5.82 Å². The number of hydrogen-bond acceptors (Lipinski definition) is 4. The molecule has 1 aliphatic heterocycles. The van der Waals surface area contributed by atoms with Crippen LogP contribution in [0.1, 0.15) is 5.56 Å². The van der Waals surface area contributed by atoms with Crippen LogP contribution >= 0.6 is 24.0 Å². The Hall–Kier alpha value is -1.27. The van der Waals surface area contributed by atoms with Crippen LogP contribution < -0.4 is 0 Å². The van der Waals surface area contributed by atoms with Gasteiger partial charge in [0.25, 0.3) is 5.91 Å². The average molecular weight is 254 g/mol. The van der Waals surface area contributed by atoms with Gasteiger partial charge in [-0.05, 0) is 6.07 Å². The van der Waals surface area contributed by atoms with E-state index in [2.05, 4.69) is 5.10 Å². The summed E-state index contributed by atoms with van der Waals surface area (Å²) in [6, 6.07) is 6.20. The van der Waals surface area contributed by atoms with Gasteiger partial charge < -0.3 is 0 Å². The zero-order valence-electron chi connectivity index (χ0n) is 8.09. The van der Waals surface area contributed by atoms with Crippen LogP contribution in [0.3, 0.4) is 0 Å². The molecule has 1 aliphatic rings. The van der Waals surface area contributed by atoms with E-state index in [0.717, 1.165) is 5.01 Å². The molecule has 0 aliphatic carbocycles. The molecule has 0 aromatic heterocycles. The SMILES string of the molecule is O=C1CSC(=S)N1N=Cc1ccccc1F. The molecule has 1 aromatic rings. The highest BCUT2D eigenvalue weighted by atomic mass is 32.2. The van der Waals surface area contributed by atoms with Gasteiger partial charge in [-0.15, -0.1) is 0 Å². The van der Waals surface area contributed by atoms with Crippen molar-refractivity contribution in [3.8, 4) is 0 Å². The van der Waals surface area contributed by atoms with Crippen LogP contribution in [0.2, 0.25) is 0 Å². The molecular weight excluding hydrogens is 247 g/mol. The molecule has 0 bridgehead atoms. The largest absolute Gasteiger partial charge is 0.272 e. The first-order chi connectivity index (χ1) is 7.68. The molecule has 1 saturated heterocycles. The lowest BCUT2D eigenvalue weighted by molar-refractivity contribution is -0.123. The molecule has 1 heterocycles. The van der Waals surface area contributed by atoms with Gasteiger partial charge in [-0.3, -0.25) is 4.79 Å². The Bertz CT molecular complexity index is 460. The lowest BCUT2D eigenvalue weighted by Crippen LogP contribution is -2.22. The number of thiocarbonyl (C=S) groups is 1. The van der Waals surface area contributed by atoms with Crippen LogP contribution in [0.25, 0.3) is 0 Å². The average Bonchev–Trinajstić information content (AvgIpc) is 2.58. The summed E-state index contributed by atoms with van der Waals surface area (Å²) in [5, 5.41) is 4.99. The smallest absolute Gasteiger partial charge is 0.259 e. The van der Waals surface area contributed by atoms with E-state index in [1.807, 2.05) is 0 Å². The Kier molecular flexibility index (Phi) is 3.31. The van der Waals surface area contributed by atoms with Gasteiger partial charge in [-0.2, -0.15) is 10.1 Å². The quantitative estimate of drug-likeness (QED) is 0.598. The minimum absolute atomic E-state index is 0.178. The van der Waals surface area contributed by atoms with E-state index in [9.17, 15) is 9.18 Å². The standard InChI is InChI=1S/C10H7FN2OS2/c11-8-4-2-1-3-7(8)5-12-13-9(14)6-16-10(13)15/h1-5H,6H2. The fraction of sp³-hybridized carbons (Fsp3) is 0.100. The number of hydrazone groups is 1. The van der Waals surface area contributed by atoms with Crippen LogP contribution in [0, 0.1) is 5.82 Å². The lowest BCUT2D eigenvalue weighted by atomic mass is 10.2. The summed E-state index contributed by atoms with van der Waals surface area (Å²) in [7, 11) is 0. The minimum atomic E-state index is -0.378. The van der Waals surface area contributed by atoms with Crippen molar-refractivity contribution in [2.24, 2.45) is 5.10 Å². The zero-order valence-corrected chi connectivity index (χ0v) is 9.72. The molecular formula is C10H7FN2OS2. The first-order valence-corrected chi connectivity index (χ1v) is 5.86. The Balaban J connectivity index is 2.18. The molecule has 0 unspecified atom stereocenters. The topological polar surface area (TPSA) is 32.7 Å². The van der Waals surface area contributed by atoms with Crippen LogP contribution in [0.5, 0.6) is 0 Å². The van der Waals surface area contributed by atoms with Crippen molar-refractivity contribution in [1.29, 1.82) is 0 Å². The van der Waals surface area contributed by atoms with E-state index >= 15 is 0 Å². The summed E-state index contributed by atoms with van der Waals surface area (Å²) in [5.41, 5.74) is 0.329. The summed E-state index contributed by atoms with van der Waals surface area (Å²) in [4.78, 5) is 11.3. The molecule has 0 saturated carbocycles. The molecule has 0 N–H and O–H groups in total. The maximum absolute atomic E-state index is 13.2.